The van der Waals surface area contributed by atoms with Crippen molar-refractivity contribution in [2.45, 2.75) is 0 Å². The average Bonchev–Trinajstić information content (AvgIpc) is 2.61. The van der Waals surface area contributed by atoms with Crippen molar-refractivity contribution in [2.75, 3.05) is 5.32 Å². The number of amidine groups is 1. The molecule has 0 saturated heterocycles. The number of carboxylic acid groups (broad SMARTS) is 1. The van der Waals surface area contributed by atoms with Crippen molar-refractivity contribution in [2.24, 2.45) is 16.2 Å². The van der Waals surface area contributed by atoms with Crippen LogP contribution in [0.3, 0.4) is 0 Å². The minimum absolute atomic E-state index is 0.0977. The Hall–Kier alpha value is -3.81. The van der Waals surface area contributed by atoms with E-state index in [9.17, 15) is 9.59 Å². The summed E-state index contributed by atoms with van der Waals surface area (Å²) in [5.41, 5.74) is 2.18. The van der Waals surface area contributed by atoms with Gasteiger partial charge in [0.2, 0.25) is 0 Å². The topological polar surface area (TPSA) is 141 Å². The van der Waals surface area contributed by atoms with Gasteiger partial charge in [0.15, 0.2) is 5.84 Å². The third-order valence-electron chi connectivity index (χ3n) is 3.17. The van der Waals surface area contributed by atoms with E-state index in [2.05, 4.69) is 15.7 Å². The fraction of sp³-hybridized carbons (Fsp3) is 0. The number of nitrogens with two attached hydrogens (primary N) is 1. The molecule has 0 aliphatic heterocycles. The van der Waals surface area contributed by atoms with Crippen molar-refractivity contribution in [1.82, 2.24) is 0 Å². The molecule has 126 valence electrons. The van der Waals surface area contributed by atoms with E-state index >= 15 is 0 Å². The fourth-order valence-electron chi connectivity index (χ4n) is 1.94. The van der Waals surface area contributed by atoms with Gasteiger partial charge in [0.05, 0.1) is 0 Å². The van der Waals surface area contributed by atoms with Crippen molar-refractivity contribution in [3.05, 3.63) is 71.3 Å². The molecule has 0 bridgehead atoms. The lowest BCUT2D eigenvalue weighted by atomic mass is 10.1. The second kappa shape index (κ2) is 8.16. The zero-order valence-corrected chi connectivity index (χ0v) is 13.0. The Kier molecular flexibility index (Phi) is 5.72. The van der Waals surface area contributed by atoms with Crippen LogP contribution in [-0.2, 0) is 4.79 Å². The normalized spacial score (nSPS) is 10.9. The molecule has 8 nitrogen and oxygen atoms in total. The van der Waals surface area contributed by atoms with Crippen molar-refractivity contribution in [3.63, 3.8) is 0 Å². The molecule has 8 heteroatoms. The van der Waals surface area contributed by atoms with Crippen LogP contribution in [0, 0.1) is 5.41 Å². The van der Waals surface area contributed by atoms with Gasteiger partial charge in [-0.25, -0.2) is 4.79 Å². The predicted octanol–water partition coefficient (Wildman–Crippen LogP) is 2.69. The first-order valence-corrected chi connectivity index (χ1v) is 7.12. The average molecular weight is 337 g/mol. The molecule has 2 rings (SSSR count). The van der Waals surface area contributed by atoms with Crippen molar-refractivity contribution < 1.29 is 14.7 Å². The van der Waals surface area contributed by atoms with E-state index in [1.165, 1.54) is 6.08 Å². The van der Waals surface area contributed by atoms with Gasteiger partial charge in [0.1, 0.15) is 0 Å². The molecule has 0 aliphatic carbocycles. The number of nitrogens with one attached hydrogen (secondary N) is 2. The molecular weight excluding hydrogens is 322 g/mol. The van der Waals surface area contributed by atoms with Gasteiger partial charge in [-0.3, -0.25) is 10.2 Å². The van der Waals surface area contributed by atoms with E-state index in [-0.39, 0.29) is 11.7 Å². The Bertz CT molecular complexity index is 840. The highest BCUT2D eigenvalue weighted by atomic mass is 16.4. The molecule has 0 aromatic heterocycles. The van der Waals surface area contributed by atoms with Crippen LogP contribution in [0.25, 0.3) is 6.08 Å². The first-order chi connectivity index (χ1) is 12.0. The number of carbonyl (C=O) groups excluding carboxylic acids is 1. The summed E-state index contributed by atoms with van der Waals surface area (Å²) in [4.78, 5) is 22.7. The fourth-order valence-corrected chi connectivity index (χ4v) is 1.94. The van der Waals surface area contributed by atoms with Crippen LogP contribution in [0.15, 0.2) is 64.9 Å². The highest BCUT2D eigenvalue weighted by Crippen LogP contribution is 2.13. The number of hydrogen-bond acceptors (Lipinski definition) is 4. The number of nitrogens with zero attached hydrogens (tertiary/aromatic N) is 2. The minimum atomic E-state index is -1.03. The maximum atomic E-state index is 12.2. The second-order valence-electron chi connectivity index (χ2n) is 4.89. The molecule has 0 heterocycles. The predicted molar refractivity (Wildman–Crippen MR) is 93.4 cm³/mol. The molecule has 0 radical (unpaired) electrons. The monoisotopic (exact) mass is 337 g/mol. The molecule has 0 unspecified atom stereocenters. The Labute approximate surface area is 143 Å². The molecule has 2 aromatic rings. The number of carbonyl (C=O) groups is 2. The zero-order valence-electron chi connectivity index (χ0n) is 13.0. The van der Waals surface area contributed by atoms with Gasteiger partial charge in [0, 0.05) is 22.9 Å². The molecule has 25 heavy (non-hydrogen) atoms. The summed E-state index contributed by atoms with van der Waals surface area (Å²) in [6.45, 7) is 0. The summed E-state index contributed by atoms with van der Waals surface area (Å²) in [6.07, 6.45) is 2.50. The van der Waals surface area contributed by atoms with E-state index in [0.717, 1.165) is 6.08 Å². The van der Waals surface area contributed by atoms with Crippen molar-refractivity contribution in [3.8, 4) is 0 Å². The van der Waals surface area contributed by atoms with E-state index in [4.69, 9.17) is 16.4 Å². The summed E-state index contributed by atoms with van der Waals surface area (Å²) in [6, 6.07) is 13.0. The summed E-state index contributed by atoms with van der Waals surface area (Å²) in [5.74, 6) is 3.46. The molecule has 5 N–H and O–H groups in total. The number of carboxylic acids is 1. The lowest BCUT2D eigenvalue weighted by Gasteiger charge is -2.06. The van der Waals surface area contributed by atoms with Gasteiger partial charge in [-0.2, -0.15) is 0 Å². The molecule has 0 atom stereocenters. The Morgan fingerprint density at radius 3 is 2.20 bits per heavy atom. The number of benzene rings is 2. The van der Waals surface area contributed by atoms with Crippen LogP contribution in [-0.4, -0.2) is 22.8 Å². The highest BCUT2D eigenvalue weighted by Gasteiger charge is 2.07. The first-order valence-electron chi connectivity index (χ1n) is 7.12. The van der Waals surface area contributed by atoms with Gasteiger partial charge in [0.25, 0.3) is 5.91 Å². The number of hydrogen-bond donors (Lipinski definition) is 4. The quantitative estimate of drug-likeness (QED) is 0.166. The maximum Gasteiger partial charge on any atom is 0.328 e. The van der Waals surface area contributed by atoms with E-state index in [0.29, 0.717) is 22.4 Å². The molecule has 0 saturated carbocycles. The lowest BCUT2D eigenvalue weighted by molar-refractivity contribution is -0.131. The third-order valence-corrected chi connectivity index (χ3v) is 3.17. The molecule has 1 amide bonds. The third kappa shape index (κ3) is 5.10. The smallest absolute Gasteiger partial charge is 0.328 e. The van der Waals surface area contributed by atoms with Crippen LogP contribution in [0.2, 0.25) is 0 Å². The van der Waals surface area contributed by atoms with Crippen molar-refractivity contribution in [1.29, 1.82) is 5.41 Å². The Morgan fingerprint density at radius 2 is 1.64 bits per heavy atom. The summed E-state index contributed by atoms with van der Waals surface area (Å²) < 4.78 is 0. The van der Waals surface area contributed by atoms with Gasteiger partial charge in [-0.05, 0) is 35.9 Å². The second-order valence-corrected chi connectivity index (χ2v) is 4.89. The summed E-state index contributed by atoms with van der Waals surface area (Å²) in [5, 5.41) is 25.4. The zero-order chi connectivity index (χ0) is 18.2. The summed E-state index contributed by atoms with van der Waals surface area (Å²) in [7, 11) is 0. The van der Waals surface area contributed by atoms with E-state index in [1.54, 1.807) is 48.5 Å². The number of anilines is 1. The van der Waals surface area contributed by atoms with Crippen LogP contribution in [0.5, 0.6) is 0 Å². The van der Waals surface area contributed by atoms with Gasteiger partial charge < -0.3 is 16.3 Å². The van der Waals surface area contributed by atoms with E-state index in [1.807, 2.05) is 0 Å². The Balaban J connectivity index is 2.04. The standard InChI is InChI=1S/C17H15N5O3/c18-16(21-22-19)12-4-6-13(7-5-12)17(25)20-14-8-1-11(2-9-14)3-10-15(23)24/h1-10H,(H,20,25)(H,23,24)(H3,18,19,21)/b10-3+. The largest absolute Gasteiger partial charge is 0.478 e. The van der Waals surface area contributed by atoms with Crippen molar-refractivity contribution >= 4 is 29.5 Å². The van der Waals surface area contributed by atoms with Gasteiger partial charge >= 0.3 is 5.97 Å². The summed E-state index contributed by atoms with van der Waals surface area (Å²) >= 11 is 0. The molecule has 0 spiro atoms. The first kappa shape index (κ1) is 17.5. The number of rotatable bonds is 5. The van der Waals surface area contributed by atoms with Crippen LogP contribution in [0.4, 0.5) is 5.69 Å². The lowest BCUT2D eigenvalue weighted by Crippen LogP contribution is -2.12. The SMILES string of the molecule is N=C(/N=N\N)c1ccc(C(=O)Nc2ccc(/C=C/C(=O)O)cc2)cc1. The Morgan fingerprint density at radius 1 is 1.04 bits per heavy atom. The van der Waals surface area contributed by atoms with Crippen LogP contribution >= 0.6 is 0 Å². The number of aliphatic carboxylic acids is 1. The highest BCUT2D eigenvalue weighted by molar-refractivity contribution is 6.05. The van der Waals surface area contributed by atoms with Gasteiger partial charge in [-0.15, -0.1) is 5.11 Å². The molecule has 2 aromatic carbocycles. The van der Waals surface area contributed by atoms with Gasteiger partial charge in [-0.1, -0.05) is 29.5 Å². The molecular formula is C17H15N5O3. The maximum absolute atomic E-state index is 12.2. The van der Waals surface area contributed by atoms with Crippen LogP contribution in [0.1, 0.15) is 21.5 Å². The van der Waals surface area contributed by atoms with Crippen LogP contribution < -0.4 is 11.2 Å². The molecule has 0 aliphatic rings. The van der Waals surface area contributed by atoms with E-state index < -0.39 is 5.97 Å². The minimum Gasteiger partial charge on any atom is -0.478 e. The molecule has 0 fully saturated rings. The number of amides is 1.